The summed E-state index contributed by atoms with van der Waals surface area (Å²) in [4.78, 5) is 19.7. The van der Waals surface area contributed by atoms with Crippen molar-refractivity contribution in [2.24, 2.45) is 5.41 Å². The van der Waals surface area contributed by atoms with Crippen molar-refractivity contribution >= 4 is 17.4 Å². The number of nitrogens with zero attached hydrogens (tertiary/aromatic N) is 2. The first-order valence-electron chi connectivity index (χ1n) is 21.3. The Labute approximate surface area is 350 Å². The molecule has 5 atom stereocenters. The standard InChI is InChI=1S/C52H57ClN2O3/c1-37-10-9-28-51(2)48(27-29-52(51,58)36-54-30-32-55(33-31-54)49(41-13-7-4-8-14-41)42-21-23-44(53)24-22-42)46-26-16-38(34-45(56)25-15-37)35-47(46)50(57)43-19-17-40(18-20-43)39-11-5-3-6-12-39/h3-8,10-14,16-24,26,35,45,48-49,56,58H,9,15,25,27-34,36H2,1-2H3. The van der Waals surface area contributed by atoms with E-state index >= 15 is 0 Å². The highest BCUT2D eigenvalue weighted by Gasteiger charge is 2.57. The Morgan fingerprint density at radius 1 is 0.793 bits per heavy atom. The van der Waals surface area contributed by atoms with Gasteiger partial charge in [0.2, 0.25) is 0 Å². The molecule has 5 nitrogen and oxygen atoms in total. The van der Waals surface area contributed by atoms with E-state index in [1.165, 1.54) is 16.7 Å². The van der Waals surface area contributed by atoms with E-state index < -0.39 is 17.1 Å². The lowest BCUT2D eigenvalue weighted by Gasteiger charge is -2.48. The molecule has 1 saturated carbocycles. The lowest BCUT2D eigenvalue weighted by molar-refractivity contribution is -0.0894. The van der Waals surface area contributed by atoms with Crippen molar-refractivity contribution in [3.8, 4) is 11.1 Å². The summed E-state index contributed by atoms with van der Waals surface area (Å²) in [6.45, 7) is 8.55. The molecule has 9 rings (SSSR count). The normalized spacial score (nSPS) is 25.1. The summed E-state index contributed by atoms with van der Waals surface area (Å²) in [6, 6.07) is 43.6. The van der Waals surface area contributed by atoms with Crippen LogP contribution in [0.2, 0.25) is 5.02 Å². The maximum Gasteiger partial charge on any atom is 0.193 e. The summed E-state index contributed by atoms with van der Waals surface area (Å²) < 4.78 is 0. The second kappa shape index (κ2) is 17.5. The summed E-state index contributed by atoms with van der Waals surface area (Å²) in [7, 11) is 0. The number of β-amino-alcohol motifs (C(OH)–C–C–N with tert-alkyl or cyclic N) is 1. The van der Waals surface area contributed by atoms with Crippen LogP contribution < -0.4 is 0 Å². The highest BCUT2D eigenvalue weighted by Crippen LogP contribution is 2.59. The van der Waals surface area contributed by atoms with Crippen LogP contribution in [0, 0.1) is 5.41 Å². The molecule has 1 heterocycles. The number of carbonyl (C=O) groups excluding carboxylic acids is 1. The van der Waals surface area contributed by atoms with Gasteiger partial charge in [-0.1, -0.05) is 139 Å². The molecule has 3 aliphatic carbocycles. The molecule has 58 heavy (non-hydrogen) atoms. The van der Waals surface area contributed by atoms with Gasteiger partial charge in [0.05, 0.1) is 17.7 Å². The van der Waals surface area contributed by atoms with Crippen molar-refractivity contribution in [1.29, 1.82) is 0 Å². The molecule has 0 spiro atoms. The van der Waals surface area contributed by atoms with E-state index in [1.54, 1.807) is 0 Å². The van der Waals surface area contributed by atoms with Gasteiger partial charge in [-0.3, -0.25) is 14.6 Å². The lowest BCUT2D eigenvalue weighted by atomic mass is 9.64. The van der Waals surface area contributed by atoms with E-state index in [4.69, 9.17) is 11.6 Å². The number of allylic oxidation sites excluding steroid dienone is 2. The van der Waals surface area contributed by atoms with Crippen LogP contribution in [0.3, 0.4) is 0 Å². The van der Waals surface area contributed by atoms with E-state index in [9.17, 15) is 15.0 Å². The number of benzene rings is 5. The van der Waals surface area contributed by atoms with E-state index in [2.05, 4.69) is 96.5 Å². The van der Waals surface area contributed by atoms with Gasteiger partial charge in [-0.25, -0.2) is 0 Å². The first kappa shape index (κ1) is 40.4. The smallest absolute Gasteiger partial charge is 0.193 e. The number of fused-ring (bicyclic) bond motifs is 8. The molecule has 1 aliphatic heterocycles. The van der Waals surface area contributed by atoms with Crippen LogP contribution in [0.1, 0.15) is 103 Å². The minimum atomic E-state index is -0.944. The first-order chi connectivity index (χ1) is 28.1. The Morgan fingerprint density at radius 3 is 2.16 bits per heavy atom. The van der Waals surface area contributed by atoms with Gasteiger partial charge in [0, 0.05) is 54.3 Å². The van der Waals surface area contributed by atoms with Crippen molar-refractivity contribution in [2.45, 2.75) is 82.5 Å². The minimum absolute atomic E-state index is 0.00337. The van der Waals surface area contributed by atoms with Crippen LogP contribution in [0.4, 0.5) is 0 Å². The average Bonchev–Trinajstić information content (AvgIpc) is 3.50. The zero-order valence-corrected chi connectivity index (χ0v) is 34.8. The Morgan fingerprint density at radius 2 is 1.45 bits per heavy atom. The number of piperazine rings is 1. The van der Waals surface area contributed by atoms with Crippen molar-refractivity contribution in [1.82, 2.24) is 9.80 Å². The summed E-state index contributed by atoms with van der Waals surface area (Å²) >= 11 is 6.31. The van der Waals surface area contributed by atoms with Crippen LogP contribution in [0.15, 0.2) is 139 Å². The first-order valence-corrected chi connectivity index (χ1v) is 21.6. The molecule has 5 aromatic rings. The molecule has 4 aliphatic rings. The van der Waals surface area contributed by atoms with Gasteiger partial charge in [0.1, 0.15) is 0 Å². The minimum Gasteiger partial charge on any atom is -0.393 e. The molecule has 6 heteroatoms. The van der Waals surface area contributed by atoms with E-state index in [1.807, 2.05) is 60.7 Å². The third-order valence-electron chi connectivity index (χ3n) is 13.7. The number of ketones is 1. The van der Waals surface area contributed by atoms with Crippen LogP contribution in [0.5, 0.6) is 0 Å². The van der Waals surface area contributed by atoms with Gasteiger partial charge in [-0.2, -0.15) is 0 Å². The molecule has 1 saturated heterocycles. The number of aliphatic hydroxyl groups excluding tert-OH is 1. The second-order valence-corrected chi connectivity index (χ2v) is 17.8. The fraction of sp³-hybridized carbons (Fsp3) is 0.365. The zero-order valence-electron chi connectivity index (χ0n) is 34.0. The van der Waals surface area contributed by atoms with Crippen LogP contribution >= 0.6 is 11.6 Å². The molecule has 2 N–H and O–H groups in total. The Kier molecular flexibility index (Phi) is 12.2. The highest BCUT2D eigenvalue weighted by molar-refractivity contribution is 6.30. The Balaban J connectivity index is 1.08. The molecule has 5 aromatic carbocycles. The molecule has 2 bridgehead atoms. The number of hydrogen-bond donors (Lipinski definition) is 2. The van der Waals surface area contributed by atoms with Gasteiger partial charge >= 0.3 is 0 Å². The van der Waals surface area contributed by atoms with Gasteiger partial charge in [0.15, 0.2) is 5.78 Å². The number of aliphatic hydroxyl groups is 2. The summed E-state index contributed by atoms with van der Waals surface area (Å²) in [6.07, 6.45) is 6.96. The predicted octanol–water partition coefficient (Wildman–Crippen LogP) is 10.7. The van der Waals surface area contributed by atoms with Crippen LogP contribution in [-0.4, -0.2) is 70.2 Å². The fourth-order valence-electron chi connectivity index (χ4n) is 10.2. The molecule has 0 aromatic heterocycles. The molecule has 0 radical (unpaired) electrons. The molecule has 300 valence electrons. The Hall–Kier alpha value is -4.36. The number of hydrogen-bond acceptors (Lipinski definition) is 5. The molecular weight excluding hydrogens is 736 g/mol. The van der Waals surface area contributed by atoms with Gasteiger partial charge < -0.3 is 10.2 Å². The largest absolute Gasteiger partial charge is 0.393 e. The van der Waals surface area contributed by atoms with Gasteiger partial charge in [-0.05, 0) is 109 Å². The topological polar surface area (TPSA) is 64.0 Å². The number of carbonyl (C=O) groups is 1. The van der Waals surface area contributed by atoms with Crippen molar-refractivity contribution in [2.75, 3.05) is 32.7 Å². The lowest BCUT2D eigenvalue weighted by Crippen LogP contribution is -2.56. The summed E-state index contributed by atoms with van der Waals surface area (Å²) in [5, 5.41) is 24.9. The van der Waals surface area contributed by atoms with Crippen molar-refractivity contribution < 1.29 is 15.0 Å². The van der Waals surface area contributed by atoms with Crippen LogP contribution in [-0.2, 0) is 6.42 Å². The van der Waals surface area contributed by atoms with Crippen molar-refractivity contribution in [3.05, 3.63) is 177 Å². The van der Waals surface area contributed by atoms with E-state index in [0.717, 1.165) is 79.1 Å². The molecule has 5 unspecified atom stereocenters. The maximum absolute atomic E-state index is 14.7. The van der Waals surface area contributed by atoms with Crippen molar-refractivity contribution in [3.63, 3.8) is 0 Å². The fourth-order valence-corrected chi connectivity index (χ4v) is 10.4. The van der Waals surface area contributed by atoms with Gasteiger partial charge in [-0.15, -0.1) is 0 Å². The number of rotatable bonds is 8. The highest BCUT2D eigenvalue weighted by atomic mass is 35.5. The molecule has 2 fully saturated rings. The predicted molar refractivity (Wildman–Crippen MR) is 236 cm³/mol. The van der Waals surface area contributed by atoms with Crippen LogP contribution in [0.25, 0.3) is 11.1 Å². The van der Waals surface area contributed by atoms with E-state index in [-0.39, 0.29) is 17.7 Å². The third-order valence-corrected chi connectivity index (χ3v) is 14.0. The summed E-state index contributed by atoms with van der Waals surface area (Å²) in [5.41, 5.74) is 7.89. The summed E-state index contributed by atoms with van der Waals surface area (Å²) in [5.74, 6) is -0.0133. The third kappa shape index (κ3) is 8.52. The average molecular weight is 793 g/mol. The molecular formula is C52H57ClN2O3. The quantitative estimate of drug-likeness (QED) is 0.121. The monoisotopic (exact) mass is 792 g/mol. The second-order valence-electron chi connectivity index (χ2n) is 17.4. The molecule has 0 amide bonds. The number of halogens is 1. The Bertz CT molecular complexity index is 2200. The van der Waals surface area contributed by atoms with E-state index in [0.29, 0.717) is 36.9 Å². The van der Waals surface area contributed by atoms with Gasteiger partial charge in [0.25, 0.3) is 0 Å². The maximum atomic E-state index is 14.7. The zero-order chi connectivity index (χ0) is 40.3. The SMILES string of the molecule is CC1=CCCC2(C)C(CCC2(O)CN2CCN(C(c3ccccc3)c3ccc(Cl)cc3)CC2)c2ccc(cc2C(=O)c2ccc(-c3ccccc3)cc2)CC(O)CC1.